The monoisotopic (exact) mass is 428 g/mol. The van der Waals surface area contributed by atoms with E-state index in [9.17, 15) is 18.0 Å². The van der Waals surface area contributed by atoms with Crippen LogP contribution in [-0.4, -0.2) is 28.8 Å². The Balaban J connectivity index is 1.80. The minimum absolute atomic E-state index is 0.0882. The van der Waals surface area contributed by atoms with Crippen LogP contribution in [0.1, 0.15) is 57.0 Å². The number of nitrogens with one attached hydrogen (secondary N) is 1. The lowest BCUT2D eigenvalue weighted by molar-refractivity contribution is -0.141. The summed E-state index contributed by atoms with van der Waals surface area (Å²) in [4.78, 5) is 14.9. The Kier molecular flexibility index (Phi) is 6.12. The van der Waals surface area contributed by atoms with Crippen LogP contribution >= 0.6 is 11.6 Å². The van der Waals surface area contributed by atoms with E-state index in [-0.39, 0.29) is 5.92 Å². The number of carbonyl (C=O) groups excluding carboxylic acids is 1. The van der Waals surface area contributed by atoms with Crippen LogP contribution < -0.4 is 10.2 Å². The number of alkyl halides is 3. The number of amides is 1. The zero-order valence-corrected chi connectivity index (χ0v) is 17.3. The molecule has 9 heteroatoms. The molecular formula is C20H24ClF3N4O. The van der Waals surface area contributed by atoms with Crippen LogP contribution in [0.3, 0.4) is 0 Å². The first-order chi connectivity index (χ1) is 13.7. The number of rotatable bonds is 7. The van der Waals surface area contributed by atoms with Gasteiger partial charge in [0.2, 0.25) is 5.91 Å². The number of anilines is 2. The summed E-state index contributed by atoms with van der Waals surface area (Å²) < 4.78 is 40.8. The van der Waals surface area contributed by atoms with Crippen molar-refractivity contribution < 1.29 is 18.0 Å². The Morgan fingerprint density at radius 3 is 2.34 bits per heavy atom. The number of hydrogen-bond donors (Lipinski definition) is 1. The average molecular weight is 429 g/mol. The fourth-order valence-electron chi connectivity index (χ4n) is 3.33. The van der Waals surface area contributed by atoms with Gasteiger partial charge in [0, 0.05) is 30.4 Å². The van der Waals surface area contributed by atoms with Gasteiger partial charge in [0.25, 0.3) is 0 Å². The highest BCUT2D eigenvalue weighted by molar-refractivity contribution is 6.32. The lowest BCUT2D eigenvalue weighted by Crippen LogP contribution is -2.26. The fourth-order valence-corrected chi connectivity index (χ4v) is 3.71. The number of nitrogens with zero attached hydrogens (tertiary/aromatic N) is 3. The second kappa shape index (κ2) is 8.26. The van der Waals surface area contributed by atoms with Gasteiger partial charge < -0.3 is 10.2 Å². The molecule has 0 saturated heterocycles. The molecule has 1 unspecified atom stereocenters. The third-order valence-corrected chi connectivity index (χ3v) is 5.50. The van der Waals surface area contributed by atoms with E-state index in [0.717, 1.165) is 36.3 Å². The maximum absolute atomic E-state index is 13.2. The van der Waals surface area contributed by atoms with Gasteiger partial charge in [-0.15, -0.1) is 0 Å². The van der Waals surface area contributed by atoms with E-state index >= 15 is 0 Å². The molecule has 1 aliphatic carbocycles. The smallest absolute Gasteiger partial charge is 0.372 e. The molecule has 29 heavy (non-hydrogen) atoms. The van der Waals surface area contributed by atoms with E-state index in [4.69, 9.17) is 11.6 Å². The van der Waals surface area contributed by atoms with E-state index < -0.39 is 28.8 Å². The van der Waals surface area contributed by atoms with Crippen molar-refractivity contribution in [3.05, 3.63) is 40.7 Å². The van der Waals surface area contributed by atoms with Crippen LogP contribution in [0.4, 0.5) is 24.5 Å². The fraction of sp³-hybridized carbons (Fsp3) is 0.500. The average Bonchev–Trinajstić information content (AvgIpc) is 3.44. The van der Waals surface area contributed by atoms with E-state index in [1.807, 2.05) is 12.1 Å². The van der Waals surface area contributed by atoms with Crippen molar-refractivity contribution in [2.75, 3.05) is 23.3 Å². The molecule has 0 spiro atoms. The SMILES string of the molecule is CCN(CC)c1ccc(NC(=O)C(C)n2nc(C(F)(F)F)c(Cl)c2C2CC2)cc1. The highest BCUT2D eigenvalue weighted by Crippen LogP contribution is 2.47. The normalized spacial score (nSPS) is 15.3. The molecule has 1 N–H and O–H groups in total. The highest BCUT2D eigenvalue weighted by Gasteiger charge is 2.43. The van der Waals surface area contributed by atoms with Crippen molar-refractivity contribution in [1.82, 2.24) is 9.78 Å². The van der Waals surface area contributed by atoms with Crippen LogP contribution in [0, 0.1) is 0 Å². The van der Waals surface area contributed by atoms with Gasteiger partial charge in [-0.3, -0.25) is 9.48 Å². The Labute approximate surface area is 172 Å². The van der Waals surface area contributed by atoms with Gasteiger partial charge in [-0.25, -0.2) is 0 Å². The van der Waals surface area contributed by atoms with Gasteiger partial charge in [-0.05, 0) is 57.9 Å². The molecule has 1 aromatic carbocycles. The Hall–Kier alpha value is -2.22. The predicted molar refractivity (Wildman–Crippen MR) is 108 cm³/mol. The summed E-state index contributed by atoms with van der Waals surface area (Å²) in [6.45, 7) is 7.37. The van der Waals surface area contributed by atoms with Crippen LogP contribution in [-0.2, 0) is 11.0 Å². The van der Waals surface area contributed by atoms with Crippen molar-refractivity contribution in [3.8, 4) is 0 Å². The van der Waals surface area contributed by atoms with Crippen LogP contribution in [0.15, 0.2) is 24.3 Å². The minimum Gasteiger partial charge on any atom is -0.372 e. The van der Waals surface area contributed by atoms with Crippen molar-refractivity contribution in [2.45, 2.75) is 51.7 Å². The quantitative estimate of drug-likeness (QED) is 0.635. The maximum Gasteiger partial charge on any atom is 0.436 e. The van der Waals surface area contributed by atoms with E-state index in [1.165, 1.54) is 6.92 Å². The molecule has 2 aromatic rings. The molecular weight excluding hydrogens is 405 g/mol. The molecule has 0 aliphatic heterocycles. The van der Waals surface area contributed by atoms with Gasteiger partial charge in [-0.2, -0.15) is 18.3 Å². The number of halogens is 4. The lowest BCUT2D eigenvalue weighted by atomic mass is 10.2. The summed E-state index contributed by atoms with van der Waals surface area (Å²) in [5, 5.41) is 6.01. The first-order valence-corrected chi connectivity index (χ1v) is 10.1. The molecule has 0 bridgehead atoms. The zero-order chi connectivity index (χ0) is 21.3. The lowest BCUT2D eigenvalue weighted by Gasteiger charge is -2.21. The largest absolute Gasteiger partial charge is 0.436 e. The minimum atomic E-state index is -4.66. The van der Waals surface area contributed by atoms with Crippen molar-refractivity contribution in [1.29, 1.82) is 0 Å². The van der Waals surface area contributed by atoms with Crippen LogP contribution in [0.25, 0.3) is 0 Å². The summed E-state index contributed by atoms with van der Waals surface area (Å²) >= 11 is 5.99. The topological polar surface area (TPSA) is 50.2 Å². The second-order valence-corrected chi connectivity index (χ2v) is 7.53. The summed E-state index contributed by atoms with van der Waals surface area (Å²) in [5.41, 5.74) is 0.758. The van der Waals surface area contributed by atoms with Gasteiger partial charge in [-0.1, -0.05) is 11.6 Å². The van der Waals surface area contributed by atoms with Crippen molar-refractivity contribution >= 4 is 28.9 Å². The van der Waals surface area contributed by atoms with Gasteiger partial charge >= 0.3 is 6.18 Å². The molecule has 158 valence electrons. The summed E-state index contributed by atoms with van der Waals surface area (Å²) in [7, 11) is 0. The molecule has 1 fully saturated rings. The third-order valence-electron chi connectivity index (χ3n) is 5.13. The zero-order valence-electron chi connectivity index (χ0n) is 16.6. The first-order valence-electron chi connectivity index (χ1n) is 9.68. The molecule has 1 aromatic heterocycles. The van der Waals surface area contributed by atoms with Crippen molar-refractivity contribution in [2.24, 2.45) is 0 Å². The molecule has 1 saturated carbocycles. The molecule has 3 rings (SSSR count). The maximum atomic E-state index is 13.2. The van der Waals surface area contributed by atoms with E-state index in [0.29, 0.717) is 11.4 Å². The number of benzene rings is 1. The molecule has 0 radical (unpaired) electrons. The Morgan fingerprint density at radius 1 is 1.28 bits per heavy atom. The Bertz CT molecular complexity index is 871. The predicted octanol–water partition coefficient (Wildman–Crippen LogP) is 5.48. The highest BCUT2D eigenvalue weighted by atomic mass is 35.5. The number of carbonyl (C=O) groups is 1. The van der Waals surface area contributed by atoms with E-state index in [1.54, 1.807) is 12.1 Å². The second-order valence-electron chi connectivity index (χ2n) is 7.15. The molecule has 1 aliphatic rings. The van der Waals surface area contributed by atoms with Gasteiger partial charge in [0.05, 0.1) is 10.7 Å². The first kappa shape index (κ1) is 21.5. The summed E-state index contributed by atoms with van der Waals surface area (Å²) in [6, 6.07) is 6.42. The molecule has 5 nitrogen and oxygen atoms in total. The van der Waals surface area contributed by atoms with Crippen LogP contribution in [0.5, 0.6) is 0 Å². The van der Waals surface area contributed by atoms with Crippen LogP contribution in [0.2, 0.25) is 5.02 Å². The summed E-state index contributed by atoms with van der Waals surface area (Å²) in [5.74, 6) is -0.537. The van der Waals surface area contributed by atoms with Crippen molar-refractivity contribution in [3.63, 3.8) is 0 Å². The van der Waals surface area contributed by atoms with Gasteiger partial charge in [0.1, 0.15) is 6.04 Å². The molecule has 1 atom stereocenters. The Morgan fingerprint density at radius 2 is 1.86 bits per heavy atom. The molecule has 1 amide bonds. The summed E-state index contributed by atoms with van der Waals surface area (Å²) in [6.07, 6.45) is -3.18. The number of hydrogen-bond acceptors (Lipinski definition) is 3. The molecule has 1 heterocycles. The van der Waals surface area contributed by atoms with Gasteiger partial charge in [0.15, 0.2) is 5.69 Å². The number of aromatic nitrogens is 2. The van der Waals surface area contributed by atoms with E-state index in [2.05, 4.69) is 29.2 Å². The third kappa shape index (κ3) is 4.52. The standard InChI is InChI=1S/C20H24ClF3N4O/c1-4-27(5-2)15-10-8-14(9-11-15)25-19(29)12(3)28-17(13-6-7-13)16(21)18(26-28)20(22,23)24/h8-13H,4-7H2,1-3H3,(H,25,29).